The SMILES string of the molecule is O=C(CSc1nc(-c2ccccc2)c(NC(=O)c2cccc(C(F)(F)F)c2)s1)NC1CC1. The van der Waals surface area contributed by atoms with Gasteiger partial charge in [0.25, 0.3) is 5.91 Å². The van der Waals surface area contributed by atoms with Crippen LogP contribution in [-0.2, 0) is 11.0 Å². The van der Waals surface area contributed by atoms with Crippen molar-refractivity contribution >= 4 is 39.9 Å². The lowest BCUT2D eigenvalue weighted by molar-refractivity contribution is -0.137. The van der Waals surface area contributed by atoms with Crippen LogP contribution in [0.3, 0.4) is 0 Å². The maximum atomic E-state index is 13.0. The van der Waals surface area contributed by atoms with Gasteiger partial charge in [-0.15, -0.1) is 0 Å². The highest BCUT2D eigenvalue weighted by Gasteiger charge is 2.31. The first-order chi connectivity index (χ1) is 15.3. The lowest BCUT2D eigenvalue weighted by atomic mass is 10.1. The van der Waals surface area contributed by atoms with Crippen LogP contribution in [0.2, 0.25) is 0 Å². The number of thioether (sulfide) groups is 1. The molecule has 1 heterocycles. The van der Waals surface area contributed by atoms with Crippen LogP contribution in [0.4, 0.5) is 18.2 Å². The van der Waals surface area contributed by atoms with E-state index in [0.717, 1.165) is 30.5 Å². The van der Waals surface area contributed by atoms with Crippen molar-refractivity contribution in [2.75, 3.05) is 11.1 Å². The Kier molecular flexibility index (Phi) is 6.52. The zero-order valence-electron chi connectivity index (χ0n) is 16.6. The van der Waals surface area contributed by atoms with Gasteiger partial charge in [0.2, 0.25) is 5.91 Å². The van der Waals surface area contributed by atoms with Crippen LogP contribution in [0.1, 0.15) is 28.8 Å². The minimum Gasteiger partial charge on any atom is -0.353 e. The molecule has 1 aliphatic rings. The van der Waals surface area contributed by atoms with Crippen molar-refractivity contribution in [3.8, 4) is 11.3 Å². The fraction of sp³-hybridized carbons (Fsp3) is 0.227. The average molecular weight is 478 g/mol. The minimum atomic E-state index is -4.54. The number of anilines is 1. The predicted octanol–water partition coefficient (Wildman–Crippen LogP) is 5.45. The van der Waals surface area contributed by atoms with Crippen molar-refractivity contribution < 1.29 is 22.8 Å². The van der Waals surface area contributed by atoms with Gasteiger partial charge in [-0.3, -0.25) is 9.59 Å². The van der Waals surface area contributed by atoms with E-state index in [9.17, 15) is 22.8 Å². The molecule has 1 saturated carbocycles. The van der Waals surface area contributed by atoms with Crippen molar-refractivity contribution in [3.63, 3.8) is 0 Å². The molecule has 32 heavy (non-hydrogen) atoms. The number of alkyl halides is 3. The van der Waals surface area contributed by atoms with Crippen molar-refractivity contribution in [2.45, 2.75) is 29.4 Å². The molecule has 0 bridgehead atoms. The molecular formula is C22H18F3N3O2S2. The Morgan fingerprint density at radius 2 is 1.84 bits per heavy atom. The van der Waals surface area contributed by atoms with Crippen LogP contribution in [-0.4, -0.2) is 28.6 Å². The number of nitrogens with zero attached hydrogens (tertiary/aromatic N) is 1. The average Bonchev–Trinajstić information content (AvgIpc) is 3.50. The summed E-state index contributed by atoms with van der Waals surface area (Å²) in [6.07, 6.45) is -2.55. The lowest BCUT2D eigenvalue weighted by Gasteiger charge is -2.09. The maximum absolute atomic E-state index is 13.0. The van der Waals surface area contributed by atoms with Gasteiger partial charge in [0, 0.05) is 17.2 Å². The van der Waals surface area contributed by atoms with E-state index in [2.05, 4.69) is 15.6 Å². The van der Waals surface area contributed by atoms with Crippen molar-refractivity contribution in [1.29, 1.82) is 0 Å². The summed E-state index contributed by atoms with van der Waals surface area (Å²) in [5, 5.41) is 6.00. The molecule has 4 rings (SSSR count). The summed E-state index contributed by atoms with van der Waals surface area (Å²) in [6, 6.07) is 13.7. The zero-order valence-corrected chi connectivity index (χ0v) is 18.2. The van der Waals surface area contributed by atoms with Gasteiger partial charge in [0.15, 0.2) is 4.34 Å². The molecule has 0 atom stereocenters. The molecule has 1 fully saturated rings. The summed E-state index contributed by atoms with van der Waals surface area (Å²) in [5.74, 6) is -0.553. The van der Waals surface area contributed by atoms with Crippen molar-refractivity contribution in [2.24, 2.45) is 0 Å². The number of carbonyl (C=O) groups is 2. The Morgan fingerprint density at radius 3 is 2.53 bits per heavy atom. The number of carbonyl (C=O) groups excluding carboxylic acids is 2. The Balaban J connectivity index is 1.55. The van der Waals surface area contributed by atoms with Crippen LogP contribution in [0.15, 0.2) is 58.9 Å². The number of aromatic nitrogens is 1. The predicted molar refractivity (Wildman–Crippen MR) is 119 cm³/mol. The van der Waals surface area contributed by atoms with Gasteiger partial charge in [-0.1, -0.05) is 59.5 Å². The Hall–Kier alpha value is -2.85. The maximum Gasteiger partial charge on any atom is 0.416 e. The lowest BCUT2D eigenvalue weighted by Crippen LogP contribution is -2.26. The summed E-state index contributed by atoms with van der Waals surface area (Å²) in [4.78, 5) is 29.3. The molecule has 0 aliphatic heterocycles. The smallest absolute Gasteiger partial charge is 0.353 e. The van der Waals surface area contributed by atoms with Gasteiger partial charge >= 0.3 is 6.18 Å². The van der Waals surface area contributed by atoms with Gasteiger partial charge in [0.05, 0.1) is 11.3 Å². The number of rotatable bonds is 7. The number of halogens is 3. The fourth-order valence-electron chi connectivity index (χ4n) is 2.87. The summed E-state index contributed by atoms with van der Waals surface area (Å²) < 4.78 is 39.6. The van der Waals surface area contributed by atoms with Crippen LogP contribution in [0.5, 0.6) is 0 Å². The van der Waals surface area contributed by atoms with Crippen molar-refractivity contribution in [3.05, 3.63) is 65.7 Å². The fourth-order valence-corrected chi connectivity index (χ4v) is 4.75. The molecule has 0 radical (unpaired) electrons. The summed E-state index contributed by atoms with van der Waals surface area (Å²) in [7, 11) is 0. The quantitative estimate of drug-likeness (QED) is 0.444. The van der Waals surface area contributed by atoms with Gasteiger partial charge < -0.3 is 10.6 Å². The molecule has 0 saturated heterocycles. The molecule has 2 amide bonds. The Morgan fingerprint density at radius 1 is 1.09 bits per heavy atom. The zero-order chi connectivity index (χ0) is 22.7. The molecule has 2 aromatic carbocycles. The number of amides is 2. The van der Waals surface area contributed by atoms with E-state index in [4.69, 9.17) is 0 Å². The van der Waals surface area contributed by atoms with Crippen LogP contribution >= 0.6 is 23.1 Å². The van der Waals surface area contributed by atoms with E-state index in [-0.39, 0.29) is 23.3 Å². The van der Waals surface area contributed by atoms with Gasteiger partial charge in [-0.25, -0.2) is 4.98 Å². The molecule has 5 nitrogen and oxygen atoms in total. The molecular weight excluding hydrogens is 459 g/mol. The molecule has 2 N–H and O–H groups in total. The van der Waals surface area contributed by atoms with Gasteiger partial charge in [-0.2, -0.15) is 13.2 Å². The van der Waals surface area contributed by atoms with E-state index in [0.29, 0.717) is 15.0 Å². The third-order valence-corrected chi connectivity index (χ3v) is 6.72. The topological polar surface area (TPSA) is 71.1 Å². The van der Waals surface area contributed by atoms with E-state index in [1.54, 1.807) is 0 Å². The first kappa shape index (κ1) is 22.3. The molecule has 1 aromatic heterocycles. The van der Waals surface area contributed by atoms with Crippen molar-refractivity contribution in [1.82, 2.24) is 10.3 Å². The van der Waals surface area contributed by atoms with Crippen LogP contribution < -0.4 is 10.6 Å². The highest BCUT2D eigenvalue weighted by molar-refractivity contribution is 8.01. The number of hydrogen-bond acceptors (Lipinski definition) is 5. The van der Waals surface area contributed by atoms with Gasteiger partial charge in [0.1, 0.15) is 10.7 Å². The molecule has 166 valence electrons. The van der Waals surface area contributed by atoms with Gasteiger partial charge in [-0.05, 0) is 31.0 Å². The minimum absolute atomic E-state index is 0.0801. The second-order valence-corrected chi connectivity index (χ2v) is 9.41. The standard InChI is InChI=1S/C22H18F3N3O2S2/c23-22(24,25)15-8-4-7-14(11-15)19(30)28-20-18(13-5-2-1-3-6-13)27-21(32-20)31-12-17(29)26-16-9-10-16/h1-8,11,16H,9-10,12H2,(H,26,29)(H,28,30). The normalized spacial score (nSPS) is 13.6. The monoisotopic (exact) mass is 477 g/mol. The number of benzene rings is 2. The van der Waals surface area contributed by atoms with E-state index < -0.39 is 17.6 Å². The summed E-state index contributed by atoms with van der Waals surface area (Å²) >= 11 is 2.43. The summed E-state index contributed by atoms with van der Waals surface area (Å²) in [5.41, 5.74) is 0.249. The highest BCUT2D eigenvalue weighted by atomic mass is 32.2. The third kappa shape index (κ3) is 5.68. The Bertz CT molecular complexity index is 1130. The third-order valence-electron chi connectivity index (χ3n) is 4.60. The highest BCUT2D eigenvalue weighted by Crippen LogP contribution is 2.38. The van der Waals surface area contributed by atoms with Crippen LogP contribution in [0.25, 0.3) is 11.3 Å². The number of thiazole rings is 1. The second kappa shape index (κ2) is 9.33. The van der Waals surface area contributed by atoms with E-state index in [1.807, 2.05) is 30.3 Å². The Labute approximate surface area is 190 Å². The molecule has 3 aromatic rings. The molecule has 10 heteroatoms. The number of nitrogens with one attached hydrogen (secondary N) is 2. The first-order valence-corrected chi connectivity index (χ1v) is 11.6. The first-order valence-electron chi connectivity index (χ1n) is 9.76. The second-order valence-electron chi connectivity index (χ2n) is 7.19. The number of hydrogen-bond donors (Lipinski definition) is 2. The molecule has 1 aliphatic carbocycles. The van der Waals surface area contributed by atoms with E-state index >= 15 is 0 Å². The molecule has 0 spiro atoms. The summed E-state index contributed by atoms with van der Waals surface area (Å²) in [6.45, 7) is 0. The van der Waals surface area contributed by atoms with Crippen LogP contribution in [0, 0.1) is 0 Å². The largest absolute Gasteiger partial charge is 0.416 e. The molecule has 0 unspecified atom stereocenters. The van der Waals surface area contributed by atoms with E-state index in [1.165, 1.54) is 35.2 Å².